The third kappa shape index (κ3) is 9.51. The molecule has 2 atom stereocenters. The van der Waals surface area contributed by atoms with E-state index in [0.717, 1.165) is 19.3 Å². The van der Waals surface area contributed by atoms with Gasteiger partial charge in [0.25, 0.3) is 0 Å². The number of hydrogen-bond acceptors (Lipinski definition) is 2. The predicted octanol–water partition coefficient (Wildman–Crippen LogP) is 2.21. The number of hydrogen-bond donors (Lipinski definition) is 2. The van der Waals surface area contributed by atoms with E-state index in [1.165, 1.54) is 6.08 Å². The molecule has 18 heavy (non-hydrogen) atoms. The van der Waals surface area contributed by atoms with Crippen LogP contribution in [0.4, 0.5) is 0 Å². The van der Waals surface area contributed by atoms with Gasteiger partial charge in [0.05, 0.1) is 6.42 Å². The first-order valence-corrected chi connectivity index (χ1v) is 6.13. The second-order valence-electron chi connectivity index (χ2n) is 3.99. The fourth-order valence-corrected chi connectivity index (χ4v) is 1.29. The molecule has 0 radical (unpaired) electrons. The van der Waals surface area contributed by atoms with Crippen molar-refractivity contribution in [2.24, 2.45) is 5.92 Å². The minimum atomic E-state index is -0.915. The number of aliphatic hydroxyl groups is 1. The molecular formula is C15H20O3. The lowest BCUT2D eigenvalue weighted by Crippen LogP contribution is -2.03. The molecule has 0 aromatic heterocycles. The van der Waals surface area contributed by atoms with E-state index in [2.05, 4.69) is 37.2 Å². The molecule has 98 valence electrons. The molecule has 0 aliphatic carbocycles. The van der Waals surface area contributed by atoms with Crippen LogP contribution in [-0.2, 0) is 4.79 Å². The molecule has 0 rings (SSSR count). The Kier molecular flexibility index (Phi) is 9.45. The Labute approximate surface area is 109 Å². The highest BCUT2D eigenvalue weighted by atomic mass is 16.4. The standard InChI is InChI=1S/C15H20O3/c1-3-5-6-10-14(16)11-8-7-9-13(4-2)12-15(17)18/h4,13-14,16H,2-3,5-6,10,12H2,1H3,(H,17,18)/t13-,14-/m0/s1. The van der Waals surface area contributed by atoms with E-state index in [0.29, 0.717) is 6.42 Å². The maximum Gasteiger partial charge on any atom is 0.304 e. The number of carboxylic acid groups (broad SMARTS) is 1. The summed E-state index contributed by atoms with van der Waals surface area (Å²) in [5.74, 6) is 9.11. The largest absolute Gasteiger partial charge is 0.481 e. The van der Waals surface area contributed by atoms with Gasteiger partial charge in [0, 0.05) is 5.92 Å². The SMILES string of the molecule is C=C[C@@H](C#CC#C[C@@H](O)CCCCC)CC(=O)O. The van der Waals surface area contributed by atoms with Crippen molar-refractivity contribution in [1.82, 2.24) is 0 Å². The number of carboxylic acids is 1. The Morgan fingerprint density at radius 3 is 2.56 bits per heavy atom. The van der Waals surface area contributed by atoms with E-state index in [1.807, 2.05) is 0 Å². The summed E-state index contributed by atoms with van der Waals surface area (Å²) in [4.78, 5) is 10.5. The van der Waals surface area contributed by atoms with Crippen molar-refractivity contribution in [3.63, 3.8) is 0 Å². The third-order valence-electron chi connectivity index (χ3n) is 2.32. The summed E-state index contributed by atoms with van der Waals surface area (Å²) < 4.78 is 0. The first-order valence-electron chi connectivity index (χ1n) is 6.13. The highest BCUT2D eigenvalue weighted by Gasteiger charge is 2.04. The van der Waals surface area contributed by atoms with Crippen LogP contribution in [0.2, 0.25) is 0 Å². The van der Waals surface area contributed by atoms with Crippen LogP contribution in [0.1, 0.15) is 39.0 Å². The lowest BCUT2D eigenvalue weighted by molar-refractivity contribution is -0.137. The van der Waals surface area contributed by atoms with Gasteiger partial charge in [-0.3, -0.25) is 4.79 Å². The highest BCUT2D eigenvalue weighted by molar-refractivity contribution is 5.68. The fraction of sp³-hybridized carbons (Fsp3) is 0.533. The molecular weight excluding hydrogens is 228 g/mol. The van der Waals surface area contributed by atoms with Gasteiger partial charge in [0.15, 0.2) is 0 Å². The van der Waals surface area contributed by atoms with Crippen molar-refractivity contribution in [2.75, 3.05) is 0 Å². The quantitative estimate of drug-likeness (QED) is 0.412. The van der Waals surface area contributed by atoms with Gasteiger partial charge in [0.2, 0.25) is 0 Å². The molecule has 0 aromatic rings. The minimum Gasteiger partial charge on any atom is -0.481 e. The number of aliphatic hydroxyl groups excluding tert-OH is 1. The zero-order valence-corrected chi connectivity index (χ0v) is 10.8. The number of carbonyl (C=O) groups is 1. The van der Waals surface area contributed by atoms with Gasteiger partial charge in [-0.15, -0.1) is 6.58 Å². The maximum absolute atomic E-state index is 10.5. The molecule has 3 heteroatoms. The van der Waals surface area contributed by atoms with E-state index in [4.69, 9.17) is 5.11 Å². The van der Waals surface area contributed by atoms with Crippen LogP contribution in [-0.4, -0.2) is 22.3 Å². The fourth-order valence-electron chi connectivity index (χ4n) is 1.29. The first-order chi connectivity index (χ1) is 8.60. The molecule has 0 fully saturated rings. The van der Waals surface area contributed by atoms with Crippen LogP contribution >= 0.6 is 0 Å². The summed E-state index contributed by atoms with van der Waals surface area (Å²) in [6.45, 7) is 5.61. The summed E-state index contributed by atoms with van der Waals surface area (Å²) in [6, 6.07) is 0. The molecule has 0 saturated carbocycles. The van der Waals surface area contributed by atoms with Gasteiger partial charge < -0.3 is 10.2 Å². The zero-order valence-electron chi connectivity index (χ0n) is 10.8. The van der Waals surface area contributed by atoms with E-state index < -0.39 is 18.0 Å². The molecule has 0 unspecified atom stereocenters. The smallest absolute Gasteiger partial charge is 0.304 e. The molecule has 0 amide bonds. The van der Waals surface area contributed by atoms with Gasteiger partial charge in [-0.1, -0.05) is 37.7 Å². The van der Waals surface area contributed by atoms with E-state index in [1.54, 1.807) is 0 Å². The van der Waals surface area contributed by atoms with Crippen molar-refractivity contribution >= 4 is 5.97 Å². The number of rotatable bonds is 7. The van der Waals surface area contributed by atoms with Crippen LogP contribution in [0.5, 0.6) is 0 Å². The van der Waals surface area contributed by atoms with Crippen molar-refractivity contribution in [2.45, 2.75) is 45.1 Å². The minimum absolute atomic E-state index is 0.0722. The van der Waals surface area contributed by atoms with Gasteiger partial charge in [-0.25, -0.2) is 0 Å². The molecule has 0 heterocycles. The summed E-state index contributed by atoms with van der Waals surface area (Å²) in [7, 11) is 0. The van der Waals surface area contributed by atoms with Crippen molar-refractivity contribution in [3.05, 3.63) is 12.7 Å². The van der Waals surface area contributed by atoms with E-state index >= 15 is 0 Å². The number of allylic oxidation sites excluding steroid dienone is 1. The zero-order chi connectivity index (χ0) is 13.8. The average molecular weight is 248 g/mol. The normalized spacial score (nSPS) is 12.3. The van der Waals surface area contributed by atoms with Crippen LogP contribution in [0.3, 0.4) is 0 Å². The molecule has 0 aliphatic heterocycles. The summed E-state index contributed by atoms with van der Waals surface area (Å²) in [5, 5.41) is 18.1. The van der Waals surface area contributed by atoms with Crippen molar-refractivity contribution in [3.8, 4) is 23.7 Å². The van der Waals surface area contributed by atoms with Crippen LogP contribution in [0.15, 0.2) is 12.7 Å². The molecule has 3 nitrogen and oxygen atoms in total. The number of unbranched alkanes of at least 4 members (excludes halogenated alkanes) is 2. The second-order valence-corrected chi connectivity index (χ2v) is 3.99. The molecule has 0 spiro atoms. The lowest BCUT2D eigenvalue weighted by Gasteiger charge is -2.00. The second kappa shape index (κ2) is 10.4. The summed E-state index contributed by atoms with van der Waals surface area (Å²) in [5.41, 5.74) is 0. The van der Waals surface area contributed by atoms with Crippen LogP contribution < -0.4 is 0 Å². The van der Waals surface area contributed by atoms with Crippen molar-refractivity contribution in [1.29, 1.82) is 0 Å². The highest BCUT2D eigenvalue weighted by Crippen LogP contribution is 2.03. The average Bonchev–Trinajstić information content (AvgIpc) is 2.33. The van der Waals surface area contributed by atoms with Gasteiger partial charge in [-0.05, 0) is 24.7 Å². The van der Waals surface area contributed by atoms with E-state index in [-0.39, 0.29) is 6.42 Å². The summed E-state index contributed by atoms with van der Waals surface area (Å²) in [6.07, 6.45) is 4.57. The molecule has 2 N–H and O–H groups in total. The predicted molar refractivity (Wildman–Crippen MR) is 71.6 cm³/mol. The Morgan fingerprint density at radius 1 is 1.33 bits per heavy atom. The topological polar surface area (TPSA) is 57.5 Å². The van der Waals surface area contributed by atoms with Gasteiger partial charge in [0.1, 0.15) is 6.10 Å². The van der Waals surface area contributed by atoms with E-state index in [9.17, 15) is 9.90 Å². The number of aliphatic carboxylic acids is 1. The van der Waals surface area contributed by atoms with Crippen LogP contribution in [0, 0.1) is 29.6 Å². The Morgan fingerprint density at radius 2 is 2.00 bits per heavy atom. The lowest BCUT2D eigenvalue weighted by atomic mass is 10.1. The monoisotopic (exact) mass is 248 g/mol. The van der Waals surface area contributed by atoms with Crippen molar-refractivity contribution < 1.29 is 15.0 Å². The first kappa shape index (κ1) is 16.3. The molecule has 0 saturated heterocycles. The Bertz CT molecular complexity index is 376. The van der Waals surface area contributed by atoms with Gasteiger partial charge in [-0.2, -0.15) is 0 Å². The Balaban J connectivity index is 4.13. The molecule has 0 aliphatic rings. The van der Waals surface area contributed by atoms with Crippen LogP contribution in [0.25, 0.3) is 0 Å². The maximum atomic E-state index is 10.5. The van der Waals surface area contributed by atoms with Gasteiger partial charge >= 0.3 is 5.97 Å². The molecule has 0 aromatic carbocycles. The Hall–Kier alpha value is -1.71. The third-order valence-corrected chi connectivity index (χ3v) is 2.32. The summed E-state index contributed by atoms with van der Waals surface area (Å²) >= 11 is 0. The molecule has 0 bridgehead atoms.